The number of nitrogens with zero attached hydrogens (tertiary/aromatic N) is 2. The van der Waals surface area contributed by atoms with Crippen molar-refractivity contribution < 1.29 is 9.36 Å². The SMILES string of the molecule is C[n+]1ccccc1/C=N/NC(=O)Nc1ccccc1. The number of urea groups is 1. The lowest BCUT2D eigenvalue weighted by molar-refractivity contribution is -0.672. The number of carbonyl (C=O) groups excluding carboxylic acids is 1. The highest BCUT2D eigenvalue weighted by molar-refractivity contribution is 5.89. The van der Waals surface area contributed by atoms with Gasteiger partial charge in [0, 0.05) is 17.8 Å². The fraction of sp³-hybridized carbons (Fsp3) is 0.0714. The second kappa shape index (κ2) is 6.30. The van der Waals surface area contributed by atoms with Crippen molar-refractivity contribution in [3.8, 4) is 0 Å². The van der Waals surface area contributed by atoms with E-state index in [9.17, 15) is 4.79 Å². The summed E-state index contributed by atoms with van der Waals surface area (Å²) in [5.74, 6) is 0. The Morgan fingerprint density at radius 1 is 1.16 bits per heavy atom. The number of aryl methyl sites for hydroxylation is 1. The lowest BCUT2D eigenvalue weighted by atomic mass is 10.3. The van der Waals surface area contributed by atoms with Crippen LogP contribution in [0.25, 0.3) is 0 Å². The zero-order valence-electron chi connectivity index (χ0n) is 10.6. The molecular formula is C14H15N4O+. The molecule has 5 nitrogen and oxygen atoms in total. The minimum atomic E-state index is -0.374. The van der Waals surface area contributed by atoms with Crippen LogP contribution in [-0.4, -0.2) is 12.2 Å². The summed E-state index contributed by atoms with van der Waals surface area (Å²) in [7, 11) is 1.91. The highest BCUT2D eigenvalue weighted by Crippen LogP contribution is 2.03. The van der Waals surface area contributed by atoms with E-state index in [-0.39, 0.29) is 6.03 Å². The number of benzene rings is 1. The summed E-state index contributed by atoms with van der Waals surface area (Å²) in [4.78, 5) is 11.5. The molecule has 0 saturated heterocycles. The summed E-state index contributed by atoms with van der Waals surface area (Å²) in [6.45, 7) is 0. The van der Waals surface area contributed by atoms with Gasteiger partial charge in [0.05, 0.1) is 0 Å². The van der Waals surface area contributed by atoms with Crippen molar-refractivity contribution in [3.63, 3.8) is 0 Å². The maximum absolute atomic E-state index is 11.5. The molecule has 0 unspecified atom stereocenters. The van der Waals surface area contributed by atoms with Crippen LogP contribution in [0.4, 0.5) is 10.5 Å². The predicted molar refractivity (Wildman–Crippen MR) is 73.8 cm³/mol. The van der Waals surface area contributed by atoms with Crippen LogP contribution in [0, 0.1) is 0 Å². The molecule has 0 fully saturated rings. The molecule has 96 valence electrons. The summed E-state index contributed by atoms with van der Waals surface area (Å²) >= 11 is 0. The molecule has 5 heteroatoms. The number of hydrogen-bond acceptors (Lipinski definition) is 2. The van der Waals surface area contributed by atoms with Crippen LogP contribution in [0.2, 0.25) is 0 Å². The van der Waals surface area contributed by atoms with Crippen molar-refractivity contribution in [1.29, 1.82) is 0 Å². The van der Waals surface area contributed by atoms with Crippen LogP contribution >= 0.6 is 0 Å². The van der Waals surface area contributed by atoms with Gasteiger partial charge in [-0.15, -0.1) is 0 Å². The second-order valence-electron chi connectivity index (χ2n) is 3.93. The Balaban J connectivity index is 1.89. The Hall–Kier alpha value is -2.69. The number of nitrogens with one attached hydrogen (secondary N) is 2. The van der Waals surface area contributed by atoms with E-state index in [1.165, 1.54) is 0 Å². The molecular weight excluding hydrogens is 240 g/mol. The van der Waals surface area contributed by atoms with E-state index in [1.54, 1.807) is 18.3 Å². The van der Waals surface area contributed by atoms with Gasteiger partial charge in [0.1, 0.15) is 13.3 Å². The van der Waals surface area contributed by atoms with Crippen LogP contribution in [0.3, 0.4) is 0 Å². The van der Waals surface area contributed by atoms with E-state index in [4.69, 9.17) is 0 Å². The van der Waals surface area contributed by atoms with Gasteiger partial charge in [-0.1, -0.05) is 18.2 Å². The van der Waals surface area contributed by atoms with Crippen molar-refractivity contribution in [1.82, 2.24) is 5.43 Å². The van der Waals surface area contributed by atoms with Crippen molar-refractivity contribution in [3.05, 3.63) is 60.4 Å². The number of aromatic nitrogens is 1. The van der Waals surface area contributed by atoms with E-state index < -0.39 is 0 Å². The predicted octanol–water partition coefficient (Wildman–Crippen LogP) is 1.67. The lowest BCUT2D eigenvalue weighted by Crippen LogP contribution is -2.33. The first-order valence-electron chi connectivity index (χ1n) is 5.85. The third-order valence-electron chi connectivity index (χ3n) is 2.49. The number of hydrogen-bond donors (Lipinski definition) is 2. The molecule has 0 radical (unpaired) electrons. The number of hydrazone groups is 1. The molecule has 0 saturated carbocycles. The zero-order valence-corrected chi connectivity index (χ0v) is 10.6. The quantitative estimate of drug-likeness (QED) is 0.489. The Labute approximate surface area is 111 Å². The van der Waals surface area contributed by atoms with Gasteiger partial charge in [-0.2, -0.15) is 5.10 Å². The minimum absolute atomic E-state index is 0.374. The number of pyridine rings is 1. The minimum Gasteiger partial charge on any atom is -0.307 e. The lowest BCUT2D eigenvalue weighted by Gasteiger charge is -2.02. The van der Waals surface area contributed by atoms with Gasteiger partial charge >= 0.3 is 6.03 Å². The molecule has 0 aliphatic rings. The Morgan fingerprint density at radius 3 is 2.63 bits per heavy atom. The molecule has 0 atom stereocenters. The molecule has 1 aromatic heterocycles. The molecule has 19 heavy (non-hydrogen) atoms. The van der Waals surface area contributed by atoms with Gasteiger partial charge in [0.25, 0.3) is 0 Å². The summed E-state index contributed by atoms with van der Waals surface area (Å²) in [6, 6.07) is 14.6. The zero-order chi connectivity index (χ0) is 13.5. The first-order chi connectivity index (χ1) is 9.25. The van der Waals surface area contributed by atoms with Gasteiger partial charge in [-0.3, -0.25) is 0 Å². The average Bonchev–Trinajstić information content (AvgIpc) is 2.42. The van der Waals surface area contributed by atoms with Crippen molar-refractivity contribution in [2.24, 2.45) is 12.1 Å². The molecule has 0 spiro atoms. The summed E-state index contributed by atoms with van der Waals surface area (Å²) < 4.78 is 1.90. The van der Waals surface area contributed by atoms with Gasteiger partial charge in [0.2, 0.25) is 5.69 Å². The molecule has 1 heterocycles. The molecule has 0 aliphatic heterocycles. The van der Waals surface area contributed by atoms with Crippen LogP contribution < -0.4 is 15.3 Å². The van der Waals surface area contributed by atoms with E-state index >= 15 is 0 Å². The maximum atomic E-state index is 11.5. The highest BCUT2D eigenvalue weighted by atomic mass is 16.2. The number of amides is 2. The van der Waals surface area contributed by atoms with Gasteiger partial charge < -0.3 is 5.32 Å². The summed E-state index contributed by atoms with van der Waals surface area (Å²) in [5.41, 5.74) is 4.03. The van der Waals surface area contributed by atoms with Gasteiger partial charge in [-0.05, 0) is 18.2 Å². The van der Waals surface area contributed by atoms with E-state index in [2.05, 4.69) is 15.8 Å². The molecule has 1 aromatic carbocycles. The normalized spacial score (nSPS) is 10.4. The molecule has 2 rings (SSSR count). The van der Waals surface area contributed by atoms with E-state index in [0.29, 0.717) is 0 Å². The number of para-hydroxylation sites is 1. The maximum Gasteiger partial charge on any atom is 0.339 e. The first kappa shape index (κ1) is 12.8. The molecule has 2 N–H and O–H groups in total. The average molecular weight is 255 g/mol. The topological polar surface area (TPSA) is 57.4 Å². The van der Waals surface area contributed by atoms with Crippen LogP contribution in [0.1, 0.15) is 5.69 Å². The number of anilines is 1. The molecule has 0 bridgehead atoms. The largest absolute Gasteiger partial charge is 0.339 e. The van der Waals surface area contributed by atoms with Crippen molar-refractivity contribution in [2.75, 3.05) is 5.32 Å². The fourth-order valence-electron chi connectivity index (χ4n) is 1.51. The van der Waals surface area contributed by atoms with Crippen LogP contribution in [-0.2, 0) is 7.05 Å². The second-order valence-corrected chi connectivity index (χ2v) is 3.93. The van der Waals surface area contributed by atoms with E-state index in [0.717, 1.165) is 11.4 Å². The molecule has 0 aliphatic carbocycles. The number of carbonyl (C=O) groups is 1. The number of rotatable bonds is 3. The Morgan fingerprint density at radius 2 is 1.89 bits per heavy atom. The van der Waals surface area contributed by atoms with Crippen molar-refractivity contribution in [2.45, 2.75) is 0 Å². The van der Waals surface area contributed by atoms with Gasteiger partial charge in [-0.25, -0.2) is 14.8 Å². The summed E-state index contributed by atoms with van der Waals surface area (Å²) in [5, 5.41) is 6.56. The molecule has 2 amide bonds. The highest BCUT2D eigenvalue weighted by Gasteiger charge is 2.01. The van der Waals surface area contributed by atoms with Crippen LogP contribution in [0.5, 0.6) is 0 Å². The fourth-order valence-corrected chi connectivity index (χ4v) is 1.51. The third kappa shape index (κ3) is 3.92. The van der Waals surface area contributed by atoms with Crippen LogP contribution in [0.15, 0.2) is 59.8 Å². The van der Waals surface area contributed by atoms with Crippen molar-refractivity contribution >= 4 is 17.9 Å². The Bertz CT molecular complexity index is 581. The Kier molecular flexibility index (Phi) is 4.23. The first-order valence-corrected chi connectivity index (χ1v) is 5.85. The van der Waals surface area contributed by atoms with E-state index in [1.807, 2.05) is 54.2 Å². The standard InChI is InChI=1S/C14H14N4O/c1-18-10-6-5-9-13(18)11-15-17-14(19)16-12-7-3-2-4-8-12/h2-11H,1H3,(H,16,19)/p+1. The monoisotopic (exact) mass is 255 g/mol. The third-order valence-corrected chi connectivity index (χ3v) is 2.49. The smallest absolute Gasteiger partial charge is 0.307 e. The van der Waals surface area contributed by atoms with Gasteiger partial charge in [0.15, 0.2) is 6.20 Å². The molecule has 2 aromatic rings. The summed E-state index contributed by atoms with van der Waals surface area (Å²) in [6.07, 6.45) is 3.50.